The van der Waals surface area contributed by atoms with Gasteiger partial charge in [-0.2, -0.15) is 0 Å². The second-order valence-electron chi connectivity index (χ2n) is 10.5. The topological polar surface area (TPSA) is 106 Å². The molecule has 1 aromatic heterocycles. The lowest BCUT2D eigenvalue weighted by atomic mass is 9.81. The maximum absolute atomic E-state index is 11.4. The number of likely N-dealkylation sites (N-methyl/N-ethyl adjacent to an activating group) is 1. The molecular weight excluding hydrogens is 585 g/mol. The van der Waals surface area contributed by atoms with Crippen LogP contribution in [0.4, 0.5) is 22.7 Å². The minimum Gasteiger partial charge on any atom is -0.459 e. The van der Waals surface area contributed by atoms with Crippen LogP contribution < -0.4 is 10.2 Å². The fraction of sp³-hybridized carbons (Fsp3) is 0.370. The first-order chi connectivity index (χ1) is 18.6. The summed E-state index contributed by atoms with van der Waals surface area (Å²) in [6.07, 6.45) is 1.59. The van der Waals surface area contributed by atoms with E-state index in [0.717, 1.165) is 16.7 Å². The van der Waals surface area contributed by atoms with E-state index >= 15 is 0 Å². The average Bonchev–Trinajstić information content (AvgIpc) is 3.52. The van der Waals surface area contributed by atoms with Crippen molar-refractivity contribution in [2.45, 2.75) is 32.2 Å². The fourth-order valence-corrected chi connectivity index (χ4v) is 9.06. The number of nitrogens with zero attached hydrogens (tertiary/aromatic N) is 5. The Kier molecular flexibility index (Phi) is 6.45. The largest absolute Gasteiger partial charge is 0.459 e. The summed E-state index contributed by atoms with van der Waals surface area (Å²) in [6, 6.07) is 12.9. The Morgan fingerprint density at radius 3 is 2.64 bits per heavy atom. The molecule has 3 aliphatic rings. The normalized spacial score (nSPS) is 24.0. The molecule has 10 nitrogen and oxygen atoms in total. The Morgan fingerprint density at radius 2 is 1.97 bits per heavy atom. The highest BCUT2D eigenvalue weighted by Gasteiger charge is 2.46. The number of nitro benzene ring substituents is 1. The molecule has 12 heteroatoms. The Morgan fingerprint density at radius 1 is 1.21 bits per heavy atom. The van der Waals surface area contributed by atoms with Crippen LogP contribution in [0.2, 0.25) is 0 Å². The van der Waals surface area contributed by atoms with Gasteiger partial charge in [-0.25, -0.2) is 14.4 Å². The SMILES string of the molecule is CC1N(C)c2cc3c(cc2C1(C)C)P(=Nc1ccc([N+](=O)[O-])cc1Br)(N1CCOCC1)OC(c1ccco1)=N3. The smallest absolute Gasteiger partial charge is 0.270 e. The van der Waals surface area contributed by atoms with E-state index in [1.165, 1.54) is 17.7 Å². The van der Waals surface area contributed by atoms with E-state index in [9.17, 15) is 10.1 Å². The number of fused-ring (bicyclic) bond motifs is 2. The highest BCUT2D eigenvalue weighted by atomic mass is 79.9. The van der Waals surface area contributed by atoms with Crippen LogP contribution in [-0.2, 0) is 14.7 Å². The molecule has 0 N–H and O–H groups in total. The number of furan rings is 1. The summed E-state index contributed by atoms with van der Waals surface area (Å²) in [5.74, 6) is 0.876. The van der Waals surface area contributed by atoms with Gasteiger partial charge in [0.2, 0.25) is 7.43 Å². The Labute approximate surface area is 235 Å². The standard InChI is InChI=1S/C27H29BrN5O5P/c1-17-27(2,3)19-15-25-22(16-23(19)31(17)4)29-26(24-6-5-11-37-24)38-39(25,32-9-12-36-13-10-32)30-21-8-7-18(33(34)35)14-20(21)28/h5-8,11,14-17H,9-10,12-13H2,1-4H3. The highest BCUT2D eigenvalue weighted by Crippen LogP contribution is 2.62. The molecule has 1 saturated heterocycles. The molecule has 204 valence electrons. The monoisotopic (exact) mass is 613 g/mol. The van der Waals surface area contributed by atoms with Gasteiger partial charge >= 0.3 is 0 Å². The Bertz CT molecular complexity index is 1550. The number of nitro groups is 1. The number of halogens is 1. The van der Waals surface area contributed by atoms with Crippen LogP contribution >= 0.6 is 23.4 Å². The number of hydrogen-bond acceptors (Lipinski definition) is 8. The number of aliphatic imine (C=N–C) groups is 1. The van der Waals surface area contributed by atoms with Crippen molar-refractivity contribution in [1.29, 1.82) is 0 Å². The lowest BCUT2D eigenvalue weighted by molar-refractivity contribution is -0.384. The molecule has 1 fully saturated rings. The van der Waals surface area contributed by atoms with Gasteiger partial charge in [-0.15, -0.1) is 0 Å². The van der Waals surface area contributed by atoms with Crippen LogP contribution in [0.1, 0.15) is 32.1 Å². The van der Waals surface area contributed by atoms with Gasteiger partial charge in [0, 0.05) is 49.4 Å². The van der Waals surface area contributed by atoms with Gasteiger partial charge < -0.3 is 18.6 Å². The molecule has 0 spiro atoms. The zero-order valence-corrected chi connectivity index (χ0v) is 24.6. The van der Waals surface area contributed by atoms with Gasteiger partial charge in [-0.3, -0.25) is 10.1 Å². The molecule has 2 aromatic carbocycles. The molecule has 0 aliphatic carbocycles. The van der Waals surface area contributed by atoms with E-state index in [4.69, 9.17) is 23.4 Å². The minimum atomic E-state index is -3.00. The van der Waals surface area contributed by atoms with E-state index in [-0.39, 0.29) is 17.1 Å². The second-order valence-corrected chi connectivity index (χ2v) is 13.8. The lowest BCUT2D eigenvalue weighted by Gasteiger charge is -2.40. The van der Waals surface area contributed by atoms with Crippen molar-refractivity contribution in [3.63, 3.8) is 0 Å². The minimum absolute atomic E-state index is 0.0148. The van der Waals surface area contributed by atoms with Crippen molar-refractivity contribution in [2.75, 3.05) is 38.3 Å². The molecule has 3 aliphatic heterocycles. The zero-order chi connectivity index (χ0) is 27.5. The summed E-state index contributed by atoms with van der Waals surface area (Å²) in [7, 11) is -0.884. The Balaban J connectivity index is 1.66. The molecule has 3 aromatic rings. The van der Waals surface area contributed by atoms with E-state index in [1.54, 1.807) is 18.4 Å². The average molecular weight is 614 g/mol. The summed E-state index contributed by atoms with van der Waals surface area (Å²) >= 11 is 3.53. The van der Waals surface area contributed by atoms with Gasteiger partial charge in [-0.1, -0.05) is 13.8 Å². The number of benzene rings is 2. The van der Waals surface area contributed by atoms with E-state index in [2.05, 4.69) is 65.5 Å². The third kappa shape index (κ3) is 4.23. The molecule has 0 radical (unpaired) electrons. The van der Waals surface area contributed by atoms with Gasteiger partial charge in [0.05, 0.1) is 45.6 Å². The molecule has 4 heterocycles. The number of anilines is 1. The van der Waals surface area contributed by atoms with Crippen molar-refractivity contribution >= 4 is 57.3 Å². The summed E-state index contributed by atoms with van der Waals surface area (Å²) in [5.41, 5.74) is 3.57. The summed E-state index contributed by atoms with van der Waals surface area (Å²) < 4.78 is 26.5. The molecule has 0 bridgehead atoms. The van der Waals surface area contributed by atoms with Crippen LogP contribution in [0, 0.1) is 10.1 Å². The third-order valence-electron chi connectivity index (χ3n) is 8.03. The maximum Gasteiger partial charge on any atom is 0.270 e. The van der Waals surface area contributed by atoms with E-state index < -0.39 is 12.4 Å². The molecular formula is C27H29BrN5O5P. The number of ether oxygens (including phenoxy) is 1. The second kappa shape index (κ2) is 9.59. The predicted molar refractivity (Wildman–Crippen MR) is 155 cm³/mol. The van der Waals surface area contributed by atoms with Crippen molar-refractivity contribution < 1.29 is 18.6 Å². The van der Waals surface area contributed by atoms with Crippen molar-refractivity contribution in [3.8, 4) is 0 Å². The summed E-state index contributed by atoms with van der Waals surface area (Å²) in [5, 5.41) is 12.3. The molecule has 39 heavy (non-hydrogen) atoms. The third-order valence-corrected chi connectivity index (χ3v) is 11.7. The van der Waals surface area contributed by atoms with Crippen LogP contribution in [0.15, 0.2) is 67.4 Å². The quantitative estimate of drug-likeness (QED) is 0.188. The van der Waals surface area contributed by atoms with Crippen LogP contribution in [0.5, 0.6) is 0 Å². The predicted octanol–water partition coefficient (Wildman–Crippen LogP) is 6.50. The number of non-ortho nitro benzene ring substituents is 1. The first-order valence-corrected chi connectivity index (χ1v) is 15.2. The van der Waals surface area contributed by atoms with Gasteiger partial charge in [-0.05, 0) is 58.7 Å². The van der Waals surface area contributed by atoms with Gasteiger partial charge in [0.25, 0.3) is 11.6 Å². The van der Waals surface area contributed by atoms with Crippen molar-refractivity contribution in [2.24, 2.45) is 9.74 Å². The van der Waals surface area contributed by atoms with Crippen molar-refractivity contribution in [3.05, 3.63) is 74.6 Å². The summed E-state index contributed by atoms with van der Waals surface area (Å²) in [6.45, 7) is 9.06. The summed E-state index contributed by atoms with van der Waals surface area (Å²) in [4.78, 5) is 18.2. The fourth-order valence-electron chi connectivity index (χ4n) is 5.42. The molecule has 2 atom stereocenters. The van der Waals surface area contributed by atoms with E-state index in [1.807, 2.05) is 6.07 Å². The lowest BCUT2D eigenvalue weighted by Crippen LogP contribution is -2.39. The van der Waals surface area contributed by atoms with Gasteiger partial charge in [0.1, 0.15) is 0 Å². The Hall–Kier alpha value is -2.98. The van der Waals surface area contributed by atoms with Crippen molar-refractivity contribution in [1.82, 2.24) is 4.67 Å². The zero-order valence-electron chi connectivity index (χ0n) is 22.1. The van der Waals surface area contributed by atoms with Crippen LogP contribution in [0.3, 0.4) is 0 Å². The van der Waals surface area contributed by atoms with Crippen LogP contribution in [-0.4, -0.2) is 54.9 Å². The van der Waals surface area contributed by atoms with Gasteiger partial charge in [0.15, 0.2) is 5.76 Å². The number of hydrogen-bond donors (Lipinski definition) is 0. The highest BCUT2D eigenvalue weighted by molar-refractivity contribution is 9.10. The molecule has 2 unspecified atom stereocenters. The first-order valence-electron chi connectivity index (χ1n) is 12.8. The molecule has 0 saturated carbocycles. The maximum atomic E-state index is 11.4. The molecule has 6 rings (SSSR count). The number of rotatable bonds is 4. The number of morpholine rings is 1. The van der Waals surface area contributed by atoms with Crippen LogP contribution in [0.25, 0.3) is 0 Å². The van der Waals surface area contributed by atoms with E-state index in [0.29, 0.717) is 48.1 Å². The molecule has 0 amide bonds. The first kappa shape index (κ1) is 26.3.